The maximum Gasteiger partial charge on any atom is 0.305 e. The van der Waals surface area contributed by atoms with Crippen molar-refractivity contribution in [2.45, 2.75) is 19.4 Å². The average Bonchev–Trinajstić information content (AvgIpc) is 3.04. The maximum absolute atomic E-state index is 14.1. The summed E-state index contributed by atoms with van der Waals surface area (Å²) in [4.78, 5) is 28.0. The molecule has 1 aromatic heterocycles. The van der Waals surface area contributed by atoms with Gasteiger partial charge in [0.05, 0.1) is 12.5 Å². The molecule has 6 nitrogen and oxygen atoms in total. The van der Waals surface area contributed by atoms with Gasteiger partial charge in [0.25, 0.3) is 5.91 Å². The zero-order valence-electron chi connectivity index (χ0n) is 14.5. The lowest BCUT2D eigenvalue weighted by molar-refractivity contribution is -0.137. The lowest BCUT2D eigenvalue weighted by atomic mass is 10.0. The molecule has 0 fully saturated rings. The Morgan fingerprint density at radius 3 is 2.48 bits per heavy atom. The van der Waals surface area contributed by atoms with Gasteiger partial charge in [-0.1, -0.05) is 36.4 Å². The van der Waals surface area contributed by atoms with E-state index in [2.05, 4.69) is 10.3 Å². The monoisotopic (exact) mass is 368 g/mol. The van der Waals surface area contributed by atoms with Crippen LogP contribution in [0.1, 0.15) is 34.3 Å². The Balaban J connectivity index is 1.87. The van der Waals surface area contributed by atoms with Crippen LogP contribution < -0.4 is 5.32 Å². The SMILES string of the molecule is Cc1oc(-c2ccccc2)nc1C(=O)NC(CC(=O)O)c1ccccc1F. The lowest BCUT2D eigenvalue weighted by Crippen LogP contribution is -2.31. The van der Waals surface area contributed by atoms with Crippen molar-refractivity contribution in [1.29, 1.82) is 0 Å². The summed E-state index contributed by atoms with van der Waals surface area (Å²) in [6.07, 6.45) is -0.463. The van der Waals surface area contributed by atoms with Crippen molar-refractivity contribution in [1.82, 2.24) is 10.3 Å². The van der Waals surface area contributed by atoms with Crippen LogP contribution in [0.15, 0.2) is 59.0 Å². The number of hydrogen-bond donors (Lipinski definition) is 2. The molecule has 0 saturated carbocycles. The number of aromatic nitrogens is 1. The second kappa shape index (κ2) is 7.82. The van der Waals surface area contributed by atoms with E-state index < -0.39 is 30.2 Å². The van der Waals surface area contributed by atoms with E-state index in [-0.39, 0.29) is 22.9 Å². The molecule has 3 aromatic rings. The lowest BCUT2D eigenvalue weighted by Gasteiger charge is -2.17. The first-order valence-electron chi connectivity index (χ1n) is 8.25. The number of amides is 1. The van der Waals surface area contributed by atoms with Crippen LogP contribution in [0.5, 0.6) is 0 Å². The van der Waals surface area contributed by atoms with Crippen molar-refractivity contribution < 1.29 is 23.5 Å². The van der Waals surface area contributed by atoms with E-state index in [0.717, 1.165) is 0 Å². The molecular weight excluding hydrogens is 351 g/mol. The van der Waals surface area contributed by atoms with E-state index in [9.17, 15) is 14.0 Å². The fourth-order valence-corrected chi connectivity index (χ4v) is 2.71. The third kappa shape index (κ3) is 4.20. The number of carbonyl (C=O) groups is 2. The minimum absolute atomic E-state index is 0.0283. The van der Waals surface area contributed by atoms with Crippen LogP contribution in [0.2, 0.25) is 0 Å². The molecule has 0 aliphatic carbocycles. The fraction of sp³-hybridized carbons (Fsp3) is 0.150. The van der Waals surface area contributed by atoms with Crippen LogP contribution >= 0.6 is 0 Å². The Bertz CT molecular complexity index is 969. The van der Waals surface area contributed by atoms with E-state index in [0.29, 0.717) is 5.56 Å². The van der Waals surface area contributed by atoms with Gasteiger partial charge in [-0.2, -0.15) is 0 Å². The second-order valence-corrected chi connectivity index (χ2v) is 5.94. The third-order valence-corrected chi connectivity index (χ3v) is 4.00. The van der Waals surface area contributed by atoms with Crippen LogP contribution in [0.3, 0.4) is 0 Å². The predicted molar refractivity (Wildman–Crippen MR) is 95.5 cm³/mol. The van der Waals surface area contributed by atoms with E-state index in [1.807, 2.05) is 18.2 Å². The van der Waals surface area contributed by atoms with E-state index in [1.165, 1.54) is 18.2 Å². The molecule has 27 heavy (non-hydrogen) atoms. The second-order valence-electron chi connectivity index (χ2n) is 5.94. The smallest absolute Gasteiger partial charge is 0.305 e. The number of benzene rings is 2. The van der Waals surface area contributed by atoms with Crippen molar-refractivity contribution in [2.24, 2.45) is 0 Å². The molecule has 1 unspecified atom stereocenters. The number of nitrogens with zero attached hydrogens (tertiary/aromatic N) is 1. The van der Waals surface area contributed by atoms with Crippen LogP contribution in [-0.2, 0) is 4.79 Å². The van der Waals surface area contributed by atoms with Gasteiger partial charge in [0.15, 0.2) is 5.69 Å². The van der Waals surface area contributed by atoms with E-state index >= 15 is 0 Å². The van der Waals surface area contributed by atoms with Crippen molar-refractivity contribution in [3.05, 3.63) is 77.4 Å². The number of rotatable bonds is 6. The first-order valence-corrected chi connectivity index (χ1v) is 8.25. The number of carbonyl (C=O) groups excluding carboxylic acids is 1. The van der Waals surface area contributed by atoms with Crippen molar-refractivity contribution in [2.75, 3.05) is 0 Å². The van der Waals surface area contributed by atoms with Crippen molar-refractivity contribution in [3.63, 3.8) is 0 Å². The summed E-state index contributed by atoms with van der Waals surface area (Å²) in [5.74, 6) is -1.82. The minimum Gasteiger partial charge on any atom is -0.481 e. The molecule has 0 saturated heterocycles. The molecule has 1 atom stereocenters. The normalized spacial score (nSPS) is 11.8. The zero-order chi connectivity index (χ0) is 19.4. The molecule has 2 N–H and O–H groups in total. The molecule has 1 amide bonds. The summed E-state index contributed by atoms with van der Waals surface area (Å²) in [5, 5.41) is 11.7. The summed E-state index contributed by atoms with van der Waals surface area (Å²) in [5.41, 5.74) is 0.828. The van der Waals surface area contributed by atoms with Gasteiger partial charge in [0.2, 0.25) is 5.89 Å². The number of aliphatic carboxylic acids is 1. The number of nitrogens with one attached hydrogen (secondary N) is 1. The fourth-order valence-electron chi connectivity index (χ4n) is 2.71. The highest BCUT2D eigenvalue weighted by molar-refractivity contribution is 5.94. The van der Waals surface area contributed by atoms with Crippen LogP contribution in [0.4, 0.5) is 4.39 Å². The Hall–Kier alpha value is -3.48. The average molecular weight is 368 g/mol. The molecule has 3 rings (SSSR count). The van der Waals surface area contributed by atoms with Gasteiger partial charge in [0, 0.05) is 11.1 Å². The van der Waals surface area contributed by atoms with Crippen LogP contribution in [-0.4, -0.2) is 22.0 Å². The predicted octanol–water partition coefficient (Wildman–Crippen LogP) is 3.73. The van der Waals surface area contributed by atoms with Crippen LogP contribution in [0.25, 0.3) is 11.5 Å². The number of halogens is 1. The minimum atomic E-state index is -1.16. The molecule has 138 valence electrons. The molecule has 0 aliphatic rings. The highest BCUT2D eigenvalue weighted by atomic mass is 19.1. The molecule has 0 aliphatic heterocycles. The summed E-state index contributed by atoms with van der Waals surface area (Å²) in [6, 6.07) is 13.7. The summed E-state index contributed by atoms with van der Waals surface area (Å²) >= 11 is 0. The molecular formula is C20H17FN2O4. The molecule has 0 radical (unpaired) electrons. The zero-order valence-corrected chi connectivity index (χ0v) is 14.5. The number of hydrogen-bond acceptors (Lipinski definition) is 4. The van der Waals surface area contributed by atoms with Gasteiger partial charge in [-0.3, -0.25) is 9.59 Å². The van der Waals surface area contributed by atoms with Gasteiger partial charge < -0.3 is 14.8 Å². The van der Waals surface area contributed by atoms with Gasteiger partial charge in [-0.15, -0.1) is 0 Å². The molecule has 7 heteroatoms. The quantitative estimate of drug-likeness (QED) is 0.691. The summed E-state index contributed by atoms with van der Waals surface area (Å²) in [6.45, 7) is 1.59. The highest BCUT2D eigenvalue weighted by Gasteiger charge is 2.25. The number of oxazole rings is 1. The molecule has 1 heterocycles. The van der Waals surface area contributed by atoms with E-state index in [1.54, 1.807) is 25.1 Å². The molecule has 0 bridgehead atoms. The number of aryl methyl sites for hydroxylation is 1. The van der Waals surface area contributed by atoms with Gasteiger partial charge in [-0.05, 0) is 25.1 Å². The highest BCUT2D eigenvalue weighted by Crippen LogP contribution is 2.24. The van der Waals surface area contributed by atoms with Crippen molar-refractivity contribution >= 4 is 11.9 Å². The first-order chi connectivity index (χ1) is 13.0. The molecule has 0 spiro atoms. The Labute approximate surface area is 154 Å². The maximum atomic E-state index is 14.1. The molecule has 2 aromatic carbocycles. The first kappa shape index (κ1) is 18.3. The standard InChI is InChI=1S/C20H17FN2O4/c1-12-18(23-20(27-12)13-7-3-2-4-8-13)19(26)22-16(11-17(24)25)14-9-5-6-10-15(14)21/h2-10,16H,11H2,1H3,(H,22,26)(H,24,25). The third-order valence-electron chi connectivity index (χ3n) is 4.00. The van der Waals surface area contributed by atoms with Gasteiger partial charge in [0.1, 0.15) is 11.6 Å². The van der Waals surface area contributed by atoms with Crippen LogP contribution in [0, 0.1) is 12.7 Å². The summed E-state index contributed by atoms with van der Waals surface area (Å²) < 4.78 is 19.6. The Kier molecular flexibility index (Phi) is 5.30. The van der Waals surface area contributed by atoms with Gasteiger partial charge in [-0.25, -0.2) is 9.37 Å². The largest absolute Gasteiger partial charge is 0.481 e. The van der Waals surface area contributed by atoms with Gasteiger partial charge >= 0.3 is 5.97 Å². The van der Waals surface area contributed by atoms with Crippen molar-refractivity contribution in [3.8, 4) is 11.5 Å². The summed E-state index contributed by atoms with van der Waals surface area (Å²) in [7, 11) is 0. The number of carboxylic acid groups (broad SMARTS) is 1. The van der Waals surface area contributed by atoms with E-state index in [4.69, 9.17) is 9.52 Å². The Morgan fingerprint density at radius 1 is 1.15 bits per heavy atom. The Morgan fingerprint density at radius 2 is 1.81 bits per heavy atom. The number of carboxylic acids is 1. The topological polar surface area (TPSA) is 92.4 Å².